The number of amides is 2. The summed E-state index contributed by atoms with van der Waals surface area (Å²) in [7, 11) is -3.48. The Hall–Kier alpha value is -4.91. The van der Waals surface area contributed by atoms with Gasteiger partial charge in [0.1, 0.15) is 23.2 Å². The number of piperazine rings is 1. The molecule has 1 unspecified atom stereocenters. The van der Waals surface area contributed by atoms with Gasteiger partial charge in [-0.15, -0.1) is 0 Å². The van der Waals surface area contributed by atoms with Gasteiger partial charge in [0.25, 0.3) is 0 Å². The third-order valence-corrected chi connectivity index (χ3v) is 15.0. The number of carbonyl (C=O) groups excluding carboxylic acids is 2. The van der Waals surface area contributed by atoms with Gasteiger partial charge < -0.3 is 25.2 Å². The van der Waals surface area contributed by atoms with Crippen molar-refractivity contribution in [3.8, 4) is 5.75 Å². The average Bonchev–Trinajstić information content (AvgIpc) is 3.75. The third kappa shape index (κ3) is 10.2. The van der Waals surface area contributed by atoms with E-state index in [1.165, 1.54) is 28.3 Å². The fraction of sp³-hybridized carbons (Fsp3) is 0.489. The number of rotatable bonds is 15. The van der Waals surface area contributed by atoms with Crippen LogP contribution in [0.1, 0.15) is 80.2 Å². The number of halogens is 3. The number of nitrogens with zero attached hydrogens (tertiary/aromatic N) is 6. The van der Waals surface area contributed by atoms with E-state index >= 15 is 8.78 Å². The van der Waals surface area contributed by atoms with Crippen molar-refractivity contribution in [3.05, 3.63) is 86.5 Å². The fourth-order valence-electron chi connectivity index (χ4n) is 9.85. The number of anilines is 6. The van der Waals surface area contributed by atoms with Crippen LogP contribution in [0.15, 0.2) is 47.1 Å². The van der Waals surface area contributed by atoms with Crippen LogP contribution in [0, 0.1) is 11.6 Å². The Morgan fingerprint density at radius 3 is 2.26 bits per heavy atom. The van der Waals surface area contributed by atoms with Gasteiger partial charge in [-0.05, 0) is 114 Å². The highest BCUT2D eigenvalue weighted by atomic mass is 79.9. The lowest BCUT2D eigenvalue weighted by molar-refractivity contribution is -0.134. The van der Waals surface area contributed by atoms with Crippen LogP contribution >= 0.6 is 15.9 Å². The Labute approximate surface area is 388 Å². The Kier molecular flexibility index (Phi) is 14.3. The first-order chi connectivity index (χ1) is 31.2. The lowest BCUT2D eigenvalue weighted by Crippen LogP contribution is -2.53. The number of imide groups is 1. The SMILES string of the molecule is CCOc1cc(N2CCC(N3CCN(CCc4cc(F)c(C5CCC(=O)NC5=O)c(F)c4)CC3)CC2)c(CC)cc1Nc1ncc(Br)c(Nc2ccc(CC)c3c2N(S(C)(=O)=O)CC3)n1. The van der Waals surface area contributed by atoms with E-state index in [0.717, 1.165) is 87.5 Å². The van der Waals surface area contributed by atoms with Gasteiger partial charge in [0.2, 0.25) is 27.8 Å². The first kappa shape index (κ1) is 46.6. The van der Waals surface area contributed by atoms with Gasteiger partial charge in [0.15, 0.2) is 0 Å². The number of hydrogen-bond acceptors (Lipinski definition) is 12. The van der Waals surface area contributed by atoms with Crippen molar-refractivity contribution in [3.63, 3.8) is 0 Å². The molecule has 0 saturated carbocycles. The molecule has 348 valence electrons. The molecule has 0 aliphatic carbocycles. The van der Waals surface area contributed by atoms with Crippen LogP contribution < -0.4 is 29.9 Å². The summed E-state index contributed by atoms with van der Waals surface area (Å²) in [5, 5.41) is 9.00. The zero-order chi connectivity index (χ0) is 46.0. The maximum atomic E-state index is 15.1. The monoisotopic (exact) mass is 977 g/mol. The van der Waals surface area contributed by atoms with Crippen LogP contribution in [0.2, 0.25) is 0 Å². The Morgan fingerprint density at radius 1 is 0.877 bits per heavy atom. The number of ether oxygens (including phenoxy) is 1. The predicted molar refractivity (Wildman–Crippen MR) is 253 cm³/mol. The Bertz CT molecular complexity index is 2530. The van der Waals surface area contributed by atoms with E-state index in [9.17, 15) is 18.0 Å². The molecule has 8 rings (SSSR count). The normalized spacial score (nSPS) is 18.8. The van der Waals surface area contributed by atoms with Crippen molar-refractivity contribution >= 4 is 72.3 Å². The second-order valence-corrected chi connectivity index (χ2v) is 20.0. The molecule has 65 heavy (non-hydrogen) atoms. The number of aryl methyl sites for hydroxylation is 2. The molecule has 5 heterocycles. The zero-order valence-corrected chi connectivity index (χ0v) is 39.9. The van der Waals surface area contributed by atoms with Crippen LogP contribution in [-0.4, -0.2) is 111 Å². The van der Waals surface area contributed by atoms with Crippen molar-refractivity contribution in [1.29, 1.82) is 0 Å². The molecule has 0 bridgehead atoms. The van der Waals surface area contributed by atoms with E-state index in [1.54, 1.807) is 6.20 Å². The van der Waals surface area contributed by atoms with Gasteiger partial charge in [-0.1, -0.05) is 19.9 Å². The number of carbonyl (C=O) groups is 2. The molecule has 3 fully saturated rings. The zero-order valence-electron chi connectivity index (χ0n) is 37.5. The summed E-state index contributed by atoms with van der Waals surface area (Å²) in [4.78, 5) is 40.6. The van der Waals surface area contributed by atoms with Crippen molar-refractivity contribution in [1.82, 2.24) is 25.1 Å². The van der Waals surface area contributed by atoms with Crippen LogP contribution in [0.25, 0.3) is 0 Å². The van der Waals surface area contributed by atoms with Gasteiger partial charge >= 0.3 is 0 Å². The Balaban J connectivity index is 0.879. The molecule has 4 aliphatic rings. The predicted octanol–water partition coefficient (Wildman–Crippen LogP) is 7.20. The number of aromatic nitrogens is 2. The van der Waals surface area contributed by atoms with Gasteiger partial charge in [-0.2, -0.15) is 4.98 Å². The minimum Gasteiger partial charge on any atom is -0.492 e. The van der Waals surface area contributed by atoms with Crippen LogP contribution in [0.4, 0.5) is 43.3 Å². The van der Waals surface area contributed by atoms with E-state index in [1.807, 2.05) is 19.1 Å². The van der Waals surface area contributed by atoms with Gasteiger partial charge in [-0.3, -0.25) is 24.1 Å². The second kappa shape index (κ2) is 19.9. The lowest BCUT2D eigenvalue weighted by atomic mass is 9.89. The van der Waals surface area contributed by atoms with Gasteiger partial charge in [0.05, 0.1) is 40.3 Å². The highest BCUT2D eigenvalue weighted by Crippen LogP contribution is 2.42. The highest BCUT2D eigenvalue weighted by molar-refractivity contribution is 9.10. The van der Waals surface area contributed by atoms with Crippen LogP contribution in [-0.2, 0) is 45.3 Å². The number of nitrogens with one attached hydrogen (secondary N) is 3. The molecule has 4 aliphatic heterocycles. The van der Waals surface area contributed by atoms with Gasteiger partial charge in [-0.25, -0.2) is 22.2 Å². The third-order valence-electron chi connectivity index (χ3n) is 13.3. The minimum absolute atomic E-state index is 0.0618. The van der Waals surface area contributed by atoms with E-state index < -0.39 is 39.4 Å². The van der Waals surface area contributed by atoms with Gasteiger partial charge in [0, 0.05) is 88.3 Å². The maximum absolute atomic E-state index is 15.1. The van der Waals surface area contributed by atoms with E-state index in [0.29, 0.717) is 77.5 Å². The number of hydrogen-bond donors (Lipinski definition) is 3. The first-order valence-corrected chi connectivity index (χ1v) is 25.4. The van der Waals surface area contributed by atoms with Crippen LogP contribution in [0.5, 0.6) is 5.75 Å². The molecule has 14 nitrogen and oxygen atoms in total. The maximum Gasteiger partial charge on any atom is 0.234 e. The first-order valence-electron chi connectivity index (χ1n) is 22.8. The molecule has 18 heteroatoms. The molecule has 2 amide bonds. The molecule has 4 aromatic rings. The summed E-state index contributed by atoms with van der Waals surface area (Å²) in [5.41, 5.74) is 6.87. The number of piperidine rings is 2. The van der Waals surface area contributed by atoms with Crippen molar-refractivity contribution in [2.45, 2.75) is 84.1 Å². The van der Waals surface area contributed by atoms with E-state index in [4.69, 9.17) is 9.72 Å². The lowest BCUT2D eigenvalue weighted by Gasteiger charge is -2.43. The summed E-state index contributed by atoms with van der Waals surface area (Å²) in [5.74, 6) is -1.98. The minimum atomic E-state index is -3.48. The largest absolute Gasteiger partial charge is 0.492 e. The van der Waals surface area contributed by atoms with E-state index in [-0.39, 0.29) is 18.4 Å². The molecule has 3 aromatic carbocycles. The molecule has 1 aromatic heterocycles. The molecular formula is C47H58BrF2N9O5S. The molecule has 1 atom stereocenters. The Morgan fingerprint density at radius 2 is 1.60 bits per heavy atom. The second-order valence-electron chi connectivity index (χ2n) is 17.3. The summed E-state index contributed by atoms with van der Waals surface area (Å²) in [6.07, 6.45) is 7.89. The fourth-order valence-corrected chi connectivity index (χ4v) is 11.1. The summed E-state index contributed by atoms with van der Waals surface area (Å²) in [6, 6.07) is 11.3. The number of sulfonamides is 1. The smallest absolute Gasteiger partial charge is 0.234 e. The van der Waals surface area contributed by atoms with Crippen molar-refractivity contribution in [2.75, 3.05) is 85.1 Å². The number of benzene rings is 3. The molecule has 0 spiro atoms. The summed E-state index contributed by atoms with van der Waals surface area (Å²) in [6.45, 7) is 13.2. The molecule has 0 radical (unpaired) electrons. The number of fused-ring (bicyclic) bond motifs is 1. The molecular weight excluding hydrogens is 921 g/mol. The molecule has 3 saturated heterocycles. The highest BCUT2D eigenvalue weighted by Gasteiger charge is 2.34. The van der Waals surface area contributed by atoms with Crippen molar-refractivity contribution < 1.29 is 31.5 Å². The van der Waals surface area contributed by atoms with Crippen LogP contribution in [0.3, 0.4) is 0 Å². The quantitative estimate of drug-likeness (QED) is 0.103. The molecule has 3 N–H and O–H groups in total. The summed E-state index contributed by atoms with van der Waals surface area (Å²) < 4.78 is 64.2. The van der Waals surface area contributed by atoms with E-state index in [2.05, 4.69) is 77.5 Å². The standard InChI is InChI=1S/C47H58BrF2N9O5S/c1-5-30-8-10-38(44-33(30)15-19-59(44)65(4,62)63)52-45-35(48)28-51-47(55-45)53-39-26-31(6-2)40(27-41(39)64-7-3)58-17-13-32(14-18-58)57-22-20-56(21-23-57)16-12-29-24-36(49)43(37(50)25-29)34-9-11-42(60)54-46(34)61/h8,10,24-28,32,34H,5-7,9,11-23H2,1-4H3,(H,54,60,61)(H2,51,52,53,55). The average molecular weight is 979 g/mol. The topological polar surface area (TPSA) is 152 Å². The summed E-state index contributed by atoms with van der Waals surface area (Å²) >= 11 is 3.60. The van der Waals surface area contributed by atoms with Crippen molar-refractivity contribution in [2.24, 2.45) is 0 Å².